The maximum atomic E-state index is 13.6. The Morgan fingerprint density at radius 3 is 2.52 bits per heavy atom. The number of carbonyl (C=O) groups is 2. The molecule has 0 radical (unpaired) electrons. The molecule has 5 unspecified atom stereocenters. The third-order valence-corrected chi connectivity index (χ3v) is 5.50. The van der Waals surface area contributed by atoms with E-state index in [4.69, 9.17) is 21.1 Å². The van der Waals surface area contributed by atoms with Crippen LogP contribution in [0.25, 0.3) is 0 Å². The molecular weight excluding hydrogens is 441 g/mol. The van der Waals surface area contributed by atoms with E-state index in [0.29, 0.717) is 25.0 Å². The molecule has 4 N–H and O–H groups in total. The van der Waals surface area contributed by atoms with E-state index in [0.717, 1.165) is 0 Å². The van der Waals surface area contributed by atoms with Gasteiger partial charge in [0.15, 0.2) is 0 Å². The predicted molar refractivity (Wildman–Crippen MR) is 109 cm³/mol. The summed E-state index contributed by atoms with van der Waals surface area (Å²) in [6, 6.07) is -0.935. The molecule has 178 valence electrons. The van der Waals surface area contributed by atoms with E-state index < -0.39 is 36.2 Å². The van der Waals surface area contributed by atoms with Gasteiger partial charge in [0, 0.05) is 38.2 Å². The summed E-state index contributed by atoms with van der Waals surface area (Å²) in [6.45, 7) is 3.72. The first-order chi connectivity index (χ1) is 14.7. The first-order valence-electron chi connectivity index (χ1n) is 10.2. The average Bonchev–Trinajstić information content (AvgIpc) is 2.73. The number of carbonyl (C=O) groups excluding carboxylic acids is 2. The topological polar surface area (TPSA) is 101 Å². The SMILES string of the molecule is C=C(CCNC(=O)COC1CCC(Cl)C(F)C1)NC(=O)COC1CNC(C(F)F)CN1. The Morgan fingerprint density at radius 2 is 1.87 bits per heavy atom. The predicted octanol–water partition coefficient (Wildman–Crippen LogP) is 0.806. The van der Waals surface area contributed by atoms with Crippen LogP contribution in [-0.2, 0) is 19.1 Å². The average molecular weight is 471 g/mol. The van der Waals surface area contributed by atoms with E-state index in [9.17, 15) is 22.8 Å². The van der Waals surface area contributed by atoms with Crippen molar-refractivity contribution in [1.82, 2.24) is 21.3 Å². The molecule has 31 heavy (non-hydrogen) atoms. The molecule has 8 nitrogen and oxygen atoms in total. The van der Waals surface area contributed by atoms with E-state index in [1.54, 1.807) is 0 Å². The summed E-state index contributed by atoms with van der Waals surface area (Å²) >= 11 is 5.82. The Hall–Kier alpha value is -1.40. The molecule has 0 aromatic heterocycles. The Kier molecular flexibility index (Phi) is 11.0. The van der Waals surface area contributed by atoms with Crippen LogP contribution in [-0.4, -0.2) is 81.0 Å². The van der Waals surface area contributed by atoms with E-state index >= 15 is 0 Å². The van der Waals surface area contributed by atoms with Crippen LogP contribution in [0.4, 0.5) is 13.2 Å². The van der Waals surface area contributed by atoms with E-state index in [-0.39, 0.29) is 51.3 Å². The van der Waals surface area contributed by atoms with Gasteiger partial charge in [-0.1, -0.05) is 6.58 Å². The number of rotatable bonds is 11. The highest BCUT2D eigenvalue weighted by Gasteiger charge is 2.30. The molecule has 1 saturated carbocycles. The van der Waals surface area contributed by atoms with Gasteiger partial charge in [0.2, 0.25) is 11.8 Å². The molecule has 12 heteroatoms. The number of halogens is 4. The first kappa shape index (κ1) is 25.9. The van der Waals surface area contributed by atoms with Crippen LogP contribution in [0.5, 0.6) is 0 Å². The molecule has 0 aromatic rings. The zero-order valence-corrected chi connectivity index (χ0v) is 17.9. The molecule has 1 saturated heterocycles. The molecule has 0 bridgehead atoms. The highest BCUT2D eigenvalue weighted by Crippen LogP contribution is 2.27. The summed E-state index contributed by atoms with van der Waals surface area (Å²) in [4.78, 5) is 23.7. The van der Waals surface area contributed by atoms with Gasteiger partial charge in [-0.3, -0.25) is 14.9 Å². The molecule has 1 heterocycles. The van der Waals surface area contributed by atoms with Crippen LogP contribution >= 0.6 is 11.6 Å². The van der Waals surface area contributed by atoms with Gasteiger partial charge in [-0.05, 0) is 12.8 Å². The van der Waals surface area contributed by atoms with Crippen LogP contribution in [0.3, 0.4) is 0 Å². The van der Waals surface area contributed by atoms with Gasteiger partial charge in [-0.2, -0.15) is 0 Å². The molecule has 2 amide bonds. The smallest absolute Gasteiger partial charge is 0.254 e. The minimum atomic E-state index is -2.47. The lowest BCUT2D eigenvalue weighted by Crippen LogP contribution is -2.58. The van der Waals surface area contributed by atoms with Crippen molar-refractivity contribution < 1.29 is 32.2 Å². The van der Waals surface area contributed by atoms with Gasteiger partial charge >= 0.3 is 0 Å². The maximum Gasteiger partial charge on any atom is 0.254 e. The van der Waals surface area contributed by atoms with Crippen molar-refractivity contribution in [2.75, 3.05) is 32.8 Å². The first-order valence-corrected chi connectivity index (χ1v) is 10.7. The van der Waals surface area contributed by atoms with Crippen molar-refractivity contribution in [2.45, 2.75) is 62.0 Å². The summed E-state index contributed by atoms with van der Waals surface area (Å²) in [5.41, 5.74) is 0.392. The Morgan fingerprint density at radius 1 is 1.13 bits per heavy atom. The third kappa shape index (κ3) is 9.73. The van der Waals surface area contributed by atoms with Gasteiger partial charge in [0.1, 0.15) is 25.6 Å². The second kappa shape index (κ2) is 13.2. The zero-order valence-electron chi connectivity index (χ0n) is 17.2. The van der Waals surface area contributed by atoms with Gasteiger partial charge in [0.25, 0.3) is 6.43 Å². The summed E-state index contributed by atoms with van der Waals surface area (Å²) in [5.74, 6) is -0.781. The second-order valence-electron chi connectivity index (χ2n) is 7.59. The highest BCUT2D eigenvalue weighted by molar-refractivity contribution is 6.21. The Labute approximate surface area is 184 Å². The van der Waals surface area contributed by atoms with Crippen molar-refractivity contribution >= 4 is 23.4 Å². The van der Waals surface area contributed by atoms with E-state index in [2.05, 4.69) is 27.8 Å². The monoisotopic (exact) mass is 470 g/mol. The van der Waals surface area contributed by atoms with Crippen molar-refractivity contribution in [3.05, 3.63) is 12.3 Å². The molecule has 2 aliphatic rings. The highest BCUT2D eigenvalue weighted by atomic mass is 35.5. The standard InChI is InChI=1S/C19H30ClF3N4O4/c1-11(27-17(29)10-31-18-8-25-15(7-26-18)19(22)23)4-5-24-16(28)9-30-12-2-3-13(20)14(21)6-12/h12-15,18-19,25-26H,1-10H2,(H,24,28)(H,27,29). The van der Waals surface area contributed by atoms with E-state index in [1.807, 2.05) is 0 Å². The Bertz CT molecular complexity index is 609. The quantitative estimate of drug-likeness (QED) is 0.333. The molecule has 2 fully saturated rings. The fourth-order valence-electron chi connectivity index (χ4n) is 3.22. The number of amides is 2. The van der Waals surface area contributed by atoms with Gasteiger partial charge in [-0.15, -0.1) is 11.6 Å². The minimum Gasteiger partial charge on any atom is -0.368 e. The van der Waals surface area contributed by atoms with Crippen molar-refractivity contribution in [2.24, 2.45) is 0 Å². The number of alkyl halides is 4. The lowest BCUT2D eigenvalue weighted by Gasteiger charge is -2.30. The largest absolute Gasteiger partial charge is 0.368 e. The third-order valence-electron chi connectivity index (χ3n) is 5.01. The normalized spacial score (nSPS) is 28.9. The summed E-state index contributed by atoms with van der Waals surface area (Å²) in [6.07, 6.45) is -2.83. The number of hydrogen-bond acceptors (Lipinski definition) is 6. The molecule has 0 spiro atoms. The van der Waals surface area contributed by atoms with Crippen LogP contribution in [0.2, 0.25) is 0 Å². The number of nitrogens with one attached hydrogen (secondary N) is 4. The van der Waals surface area contributed by atoms with Crippen molar-refractivity contribution in [3.63, 3.8) is 0 Å². The van der Waals surface area contributed by atoms with Crippen LogP contribution in [0.15, 0.2) is 12.3 Å². The zero-order chi connectivity index (χ0) is 22.8. The minimum absolute atomic E-state index is 0.0441. The van der Waals surface area contributed by atoms with E-state index in [1.165, 1.54) is 0 Å². The fraction of sp³-hybridized carbons (Fsp3) is 0.789. The lowest BCUT2D eigenvalue weighted by molar-refractivity contribution is -0.128. The Balaban J connectivity index is 1.50. The van der Waals surface area contributed by atoms with Gasteiger partial charge in [0.05, 0.1) is 17.5 Å². The number of piperazine rings is 1. The molecular formula is C19H30ClF3N4O4. The number of ether oxygens (including phenoxy) is 2. The molecule has 0 aromatic carbocycles. The van der Waals surface area contributed by atoms with Crippen LogP contribution in [0, 0.1) is 0 Å². The summed E-state index contributed by atoms with van der Waals surface area (Å²) in [5, 5.41) is 10.1. The molecule has 2 rings (SSSR count). The fourth-order valence-corrected chi connectivity index (χ4v) is 3.45. The van der Waals surface area contributed by atoms with Gasteiger partial charge in [-0.25, -0.2) is 13.2 Å². The van der Waals surface area contributed by atoms with Crippen molar-refractivity contribution in [3.8, 4) is 0 Å². The molecule has 5 atom stereocenters. The van der Waals surface area contributed by atoms with Crippen LogP contribution in [0.1, 0.15) is 25.7 Å². The summed E-state index contributed by atoms with van der Waals surface area (Å²) in [7, 11) is 0. The summed E-state index contributed by atoms with van der Waals surface area (Å²) < 4.78 is 49.4. The van der Waals surface area contributed by atoms with Crippen LogP contribution < -0.4 is 21.3 Å². The lowest BCUT2D eigenvalue weighted by atomic mass is 9.95. The van der Waals surface area contributed by atoms with Gasteiger partial charge < -0.3 is 25.4 Å². The molecule has 1 aliphatic heterocycles. The second-order valence-corrected chi connectivity index (χ2v) is 8.15. The molecule has 1 aliphatic carbocycles. The maximum absolute atomic E-state index is 13.6. The number of hydrogen-bond donors (Lipinski definition) is 4. The van der Waals surface area contributed by atoms with Crippen molar-refractivity contribution in [1.29, 1.82) is 0 Å².